The molecule has 32 heavy (non-hydrogen) atoms. The van der Waals surface area contributed by atoms with Crippen LogP contribution in [-0.4, -0.2) is 25.2 Å². The molecule has 4 rings (SSSR count). The van der Waals surface area contributed by atoms with E-state index in [1.165, 1.54) is 0 Å². The molecule has 0 bridgehead atoms. The Morgan fingerprint density at radius 1 is 0.719 bits per heavy atom. The summed E-state index contributed by atoms with van der Waals surface area (Å²) < 4.78 is 10.8. The maximum absolute atomic E-state index is 13.3. The van der Waals surface area contributed by atoms with Crippen LogP contribution in [0.4, 0.5) is 0 Å². The lowest BCUT2D eigenvalue weighted by Gasteiger charge is -2.39. The average molecular weight is 429 g/mol. The fraction of sp³-hybridized carbons (Fsp3) is 0.286. The molecular weight excluding hydrogens is 400 g/mol. The number of carbonyl (C=O) groups is 2. The fourth-order valence-electron chi connectivity index (χ4n) is 5.17. The van der Waals surface area contributed by atoms with E-state index in [0.29, 0.717) is 0 Å². The summed E-state index contributed by atoms with van der Waals surface area (Å²) in [6, 6.07) is 26.2. The third-order valence-electron chi connectivity index (χ3n) is 6.46. The number of fused-ring (bicyclic) bond motifs is 3. The van der Waals surface area contributed by atoms with Crippen molar-refractivity contribution in [3.8, 4) is 11.1 Å². The van der Waals surface area contributed by atoms with Gasteiger partial charge in [-0.3, -0.25) is 9.59 Å². The third-order valence-corrected chi connectivity index (χ3v) is 6.46. The zero-order valence-electron chi connectivity index (χ0n) is 18.7. The van der Waals surface area contributed by atoms with Crippen LogP contribution in [0.5, 0.6) is 0 Å². The number of rotatable bonds is 7. The summed E-state index contributed by atoms with van der Waals surface area (Å²) >= 11 is 0. The Kier molecular flexibility index (Phi) is 6.13. The summed E-state index contributed by atoms with van der Waals surface area (Å²) in [5, 5.41) is 0. The Balaban J connectivity index is 2.01. The number of ether oxygens (including phenoxy) is 2. The number of hydrogen-bond acceptors (Lipinski definition) is 4. The zero-order valence-corrected chi connectivity index (χ0v) is 18.7. The van der Waals surface area contributed by atoms with Crippen LogP contribution in [0.15, 0.2) is 78.9 Å². The standard InChI is InChI=1S/C28H28O4/c1-4-31-26(29)24(27(30)32-5-2)25(19-13-7-6-8-14-19)28(3)22-17-11-9-15-20(22)21-16-10-12-18-23(21)28/h6-18,24-25H,4-5H2,1-3H3/t25-/m1/s1. The Hall–Kier alpha value is -3.40. The number of hydrogen-bond donors (Lipinski definition) is 0. The molecule has 0 fully saturated rings. The number of esters is 2. The molecule has 0 aliphatic heterocycles. The van der Waals surface area contributed by atoms with Crippen LogP contribution in [0.1, 0.15) is 43.4 Å². The van der Waals surface area contributed by atoms with Crippen LogP contribution in [-0.2, 0) is 24.5 Å². The van der Waals surface area contributed by atoms with Gasteiger partial charge in [0, 0.05) is 11.3 Å². The van der Waals surface area contributed by atoms with Gasteiger partial charge in [-0.15, -0.1) is 0 Å². The van der Waals surface area contributed by atoms with E-state index in [-0.39, 0.29) is 13.2 Å². The first kappa shape index (κ1) is 21.8. The molecule has 1 atom stereocenters. The Labute approximate surface area is 189 Å². The van der Waals surface area contributed by atoms with Crippen molar-refractivity contribution in [1.29, 1.82) is 0 Å². The van der Waals surface area contributed by atoms with Gasteiger partial charge in [-0.05, 0) is 41.7 Å². The lowest BCUT2D eigenvalue weighted by atomic mass is 9.62. The largest absolute Gasteiger partial charge is 0.465 e. The Morgan fingerprint density at radius 3 is 1.62 bits per heavy atom. The van der Waals surface area contributed by atoms with E-state index in [2.05, 4.69) is 31.2 Å². The first-order chi connectivity index (χ1) is 15.5. The van der Waals surface area contributed by atoms with E-state index in [0.717, 1.165) is 27.8 Å². The molecular formula is C28H28O4. The summed E-state index contributed by atoms with van der Waals surface area (Å²) in [6.07, 6.45) is 0. The van der Waals surface area contributed by atoms with Gasteiger partial charge >= 0.3 is 11.9 Å². The molecule has 3 aromatic carbocycles. The van der Waals surface area contributed by atoms with E-state index >= 15 is 0 Å². The summed E-state index contributed by atoms with van der Waals surface area (Å²) in [7, 11) is 0. The molecule has 4 heteroatoms. The minimum Gasteiger partial charge on any atom is -0.465 e. The van der Waals surface area contributed by atoms with Crippen molar-refractivity contribution in [2.75, 3.05) is 13.2 Å². The van der Waals surface area contributed by atoms with E-state index in [9.17, 15) is 9.59 Å². The van der Waals surface area contributed by atoms with Gasteiger partial charge in [0.1, 0.15) is 0 Å². The predicted molar refractivity (Wildman–Crippen MR) is 124 cm³/mol. The molecule has 4 nitrogen and oxygen atoms in total. The van der Waals surface area contributed by atoms with Gasteiger partial charge in [0.25, 0.3) is 0 Å². The summed E-state index contributed by atoms with van der Waals surface area (Å²) in [4.78, 5) is 26.5. The topological polar surface area (TPSA) is 52.6 Å². The minimum absolute atomic E-state index is 0.195. The van der Waals surface area contributed by atoms with E-state index in [1.807, 2.05) is 54.6 Å². The predicted octanol–water partition coefficient (Wildman–Crippen LogP) is 5.50. The maximum atomic E-state index is 13.3. The first-order valence-electron chi connectivity index (χ1n) is 11.1. The number of benzene rings is 3. The van der Waals surface area contributed by atoms with Gasteiger partial charge in [0.2, 0.25) is 0 Å². The van der Waals surface area contributed by atoms with Crippen LogP contribution in [0.2, 0.25) is 0 Å². The zero-order chi connectivity index (χ0) is 22.7. The Bertz CT molecular complexity index is 1060. The number of carbonyl (C=O) groups excluding carboxylic acids is 2. The summed E-state index contributed by atoms with van der Waals surface area (Å²) in [6.45, 7) is 6.01. The average Bonchev–Trinajstić information content (AvgIpc) is 3.08. The van der Waals surface area contributed by atoms with Gasteiger partial charge in [0.05, 0.1) is 13.2 Å². The normalized spacial score (nSPS) is 14.4. The molecule has 0 heterocycles. The summed E-state index contributed by atoms with van der Waals surface area (Å²) in [5.74, 6) is -2.71. The lowest BCUT2D eigenvalue weighted by Crippen LogP contribution is -2.43. The van der Waals surface area contributed by atoms with Crippen LogP contribution in [0.25, 0.3) is 11.1 Å². The molecule has 0 saturated heterocycles. The smallest absolute Gasteiger partial charge is 0.320 e. The van der Waals surface area contributed by atoms with Crippen molar-refractivity contribution < 1.29 is 19.1 Å². The van der Waals surface area contributed by atoms with Crippen molar-refractivity contribution in [3.63, 3.8) is 0 Å². The molecule has 0 aromatic heterocycles. The highest BCUT2D eigenvalue weighted by atomic mass is 16.6. The monoisotopic (exact) mass is 428 g/mol. The van der Waals surface area contributed by atoms with Crippen molar-refractivity contribution >= 4 is 11.9 Å². The van der Waals surface area contributed by atoms with Gasteiger partial charge in [0.15, 0.2) is 5.92 Å². The second-order valence-corrected chi connectivity index (χ2v) is 8.16. The minimum atomic E-state index is -1.10. The molecule has 0 amide bonds. The van der Waals surface area contributed by atoms with Crippen molar-refractivity contribution in [2.24, 2.45) is 5.92 Å². The van der Waals surface area contributed by atoms with Crippen LogP contribution < -0.4 is 0 Å². The van der Waals surface area contributed by atoms with E-state index in [4.69, 9.17) is 9.47 Å². The molecule has 1 aliphatic carbocycles. The molecule has 0 unspecified atom stereocenters. The summed E-state index contributed by atoms with van der Waals surface area (Å²) in [5.41, 5.74) is 4.68. The highest BCUT2D eigenvalue weighted by molar-refractivity contribution is 5.97. The van der Waals surface area contributed by atoms with Crippen LogP contribution in [0.3, 0.4) is 0 Å². The SMILES string of the molecule is CCOC(=O)C(C(=O)OCC)[C@@H](c1ccccc1)C1(C)c2ccccc2-c2ccccc21. The fourth-order valence-corrected chi connectivity index (χ4v) is 5.17. The van der Waals surface area contributed by atoms with Crippen molar-refractivity contribution in [1.82, 2.24) is 0 Å². The van der Waals surface area contributed by atoms with Gasteiger partial charge in [-0.1, -0.05) is 85.8 Å². The maximum Gasteiger partial charge on any atom is 0.320 e. The van der Waals surface area contributed by atoms with Crippen LogP contribution in [0, 0.1) is 5.92 Å². The van der Waals surface area contributed by atoms with E-state index < -0.39 is 29.2 Å². The van der Waals surface area contributed by atoms with E-state index in [1.54, 1.807) is 13.8 Å². The second-order valence-electron chi connectivity index (χ2n) is 8.16. The van der Waals surface area contributed by atoms with Crippen molar-refractivity contribution in [2.45, 2.75) is 32.1 Å². The first-order valence-corrected chi connectivity index (χ1v) is 11.1. The molecule has 0 spiro atoms. The highest BCUT2D eigenvalue weighted by Gasteiger charge is 2.53. The highest BCUT2D eigenvalue weighted by Crippen LogP contribution is 2.57. The van der Waals surface area contributed by atoms with Gasteiger partial charge in [-0.25, -0.2) is 0 Å². The molecule has 0 N–H and O–H groups in total. The Morgan fingerprint density at radius 2 is 1.16 bits per heavy atom. The molecule has 3 aromatic rings. The van der Waals surface area contributed by atoms with Gasteiger partial charge < -0.3 is 9.47 Å². The molecule has 164 valence electrons. The lowest BCUT2D eigenvalue weighted by molar-refractivity contribution is -0.163. The van der Waals surface area contributed by atoms with Gasteiger partial charge in [-0.2, -0.15) is 0 Å². The van der Waals surface area contributed by atoms with Crippen LogP contribution >= 0.6 is 0 Å². The molecule has 0 saturated carbocycles. The third kappa shape index (κ3) is 3.50. The molecule has 1 aliphatic rings. The molecule has 0 radical (unpaired) electrons. The second kappa shape index (κ2) is 8.99. The quantitative estimate of drug-likeness (QED) is 0.368. The van der Waals surface area contributed by atoms with Crippen molar-refractivity contribution in [3.05, 3.63) is 95.6 Å².